The zero-order valence-corrected chi connectivity index (χ0v) is 12.5. The number of aryl methyl sites for hydroxylation is 1. The van der Waals surface area contributed by atoms with Gasteiger partial charge in [-0.2, -0.15) is 0 Å². The van der Waals surface area contributed by atoms with Crippen molar-refractivity contribution < 1.29 is 0 Å². The molecule has 1 aliphatic carbocycles. The predicted octanol–water partition coefficient (Wildman–Crippen LogP) is 3.69. The Labute approximate surface area is 121 Å². The topological polar surface area (TPSA) is 50.7 Å². The van der Waals surface area contributed by atoms with Crippen LogP contribution in [-0.2, 0) is 6.54 Å². The highest BCUT2D eigenvalue weighted by molar-refractivity contribution is 7.09. The van der Waals surface area contributed by atoms with Crippen LogP contribution in [-0.4, -0.2) is 15.0 Å². The van der Waals surface area contributed by atoms with Crippen LogP contribution in [0, 0.1) is 13.8 Å². The fourth-order valence-electron chi connectivity index (χ4n) is 1.87. The monoisotopic (exact) mass is 294 g/mol. The van der Waals surface area contributed by atoms with Gasteiger partial charge in [-0.25, -0.2) is 15.0 Å². The van der Waals surface area contributed by atoms with E-state index in [0.717, 1.165) is 27.9 Å². The van der Waals surface area contributed by atoms with Gasteiger partial charge in [-0.05, 0) is 26.7 Å². The molecule has 0 atom stereocenters. The maximum atomic E-state index is 6.17. The van der Waals surface area contributed by atoms with Crippen LogP contribution in [0.4, 0.5) is 5.82 Å². The fraction of sp³-hybridized carbons (Fsp3) is 0.462. The Hall–Kier alpha value is -1.20. The minimum absolute atomic E-state index is 0.500. The van der Waals surface area contributed by atoms with E-state index in [-0.39, 0.29) is 0 Å². The maximum absolute atomic E-state index is 6.17. The van der Waals surface area contributed by atoms with E-state index in [1.54, 1.807) is 11.3 Å². The third-order valence-electron chi connectivity index (χ3n) is 3.15. The molecule has 1 N–H and O–H groups in total. The lowest BCUT2D eigenvalue weighted by molar-refractivity contribution is 0.908. The van der Waals surface area contributed by atoms with Crippen molar-refractivity contribution in [3.05, 3.63) is 32.6 Å². The summed E-state index contributed by atoms with van der Waals surface area (Å²) in [6, 6.07) is 0. The van der Waals surface area contributed by atoms with E-state index in [9.17, 15) is 0 Å². The first-order chi connectivity index (χ1) is 9.13. The van der Waals surface area contributed by atoms with Gasteiger partial charge < -0.3 is 5.32 Å². The summed E-state index contributed by atoms with van der Waals surface area (Å²) < 4.78 is 0. The molecule has 0 radical (unpaired) electrons. The minimum Gasteiger partial charge on any atom is -0.364 e. The van der Waals surface area contributed by atoms with Crippen molar-refractivity contribution in [3.8, 4) is 0 Å². The van der Waals surface area contributed by atoms with Crippen molar-refractivity contribution in [3.63, 3.8) is 0 Å². The van der Waals surface area contributed by atoms with E-state index < -0.39 is 0 Å². The molecule has 1 saturated carbocycles. The molecule has 0 amide bonds. The summed E-state index contributed by atoms with van der Waals surface area (Å²) in [7, 11) is 0. The van der Waals surface area contributed by atoms with Crippen molar-refractivity contribution in [1.82, 2.24) is 15.0 Å². The van der Waals surface area contributed by atoms with Crippen molar-refractivity contribution in [1.29, 1.82) is 0 Å². The first kappa shape index (κ1) is 12.8. The molecule has 1 fully saturated rings. The Balaban J connectivity index is 1.79. The summed E-state index contributed by atoms with van der Waals surface area (Å²) in [5.41, 5.74) is 1.93. The predicted molar refractivity (Wildman–Crippen MR) is 77.9 cm³/mol. The van der Waals surface area contributed by atoms with Crippen LogP contribution < -0.4 is 5.32 Å². The second-order valence-corrected chi connectivity index (χ2v) is 6.25. The number of nitrogens with zero attached hydrogens (tertiary/aromatic N) is 3. The molecule has 19 heavy (non-hydrogen) atoms. The molecule has 2 heterocycles. The molecule has 0 spiro atoms. The van der Waals surface area contributed by atoms with Crippen LogP contribution in [0.2, 0.25) is 5.15 Å². The molecule has 6 heteroatoms. The lowest BCUT2D eigenvalue weighted by Gasteiger charge is -2.10. The van der Waals surface area contributed by atoms with Crippen molar-refractivity contribution in [2.24, 2.45) is 0 Å². The Morgan fingerprint density at radius 3 is 2.74 bits per heavy atom. The number of thiazole rings is 1. The van der Waals surface area contributed by atoms with Crippen LogP contribution in [0.5, 0.6) is 0 Å². The molecule has 0 unspecified atom stereocenters. The molecule has 100 valence electrons. The van der Waals surface area contributed by atoms with Gasteiger partial charge in [-0.1, -0.05) is 11.6 Å². The molecule has 0 aromatic carbocycles. The normalized spacial score (nSPS) is 14.7. The average molecular weight is 295 g/mol. The number of aromatic nitrogens is 3. The zero-order valence-electron chi connectivity index (χ0n) is 10.9. The standard InChI is InChI=1S/C13H15ClN4S/c1-7-11(14)17-13(9-3-4-9)18-12(7)15-5-10-6-19-8(2)16-10/h6,9H,3-5H2,1-2H3,(H,15,17,18). The Morgan fingerprint density at radius 2 is 2.11 bits per heavy atom. The summed E-state index contributed by atoms with van der Waals surface area (Å²) in [6.45, 7) is 4.61. The SMILES string of the molecule is Cc1nc(CNc2nc(C3CC3)nc(Cl)c2C)cs1. The molecule has 4 nitrogen and oxygen atoms in total. The molecule has 1 aliphatic rings. The summed E-state index contributed by atoms with van der Waals surface area (Å²) in [5, 5.41) is 7.00. The number of rotatable bonds is 4. The van der Waals surface area contributed by atoms with Gasteiger partial charge in [0, 0.05) is 16.9 Å². The van der Waals surface area contributed by atoms with Crippen LogP contribution in [0.25, 0.3) is 0 Å². The largest absolute Gasteiger partial charge is 0.364 e. The summed E-state index contributed by atoms with van der Waals surface area (Å²) in [6.07, 6.45) is 2.34. The van der Waals surface area contributed by atoms with Crippen LogP contribution in [0.1, 0.15) is 40.8 Å². The van der Waals surface area contributed by atoms with Crippen molar-refractivity contribution in [2.45, 2.75) is 39.2 Å². The first-order valence-corrected chi connectivity index (χ1v) is 7.58. The van der Waals surface area contributed by atoms with Crippen LogP contribution in [0.3, 0.4) is 0 Å². The van der Waals surface area contributed by atoms with Gasteiger partial charge in [0.1, 0.15) is 16.8 Å². The van der Waals surface area contributed by atoms with Crippen molar-refractivity contribution in [2.75, 3.05) is 5.32 Å². The second kappa shape index (κ2) is 5.06. The van der Waals surface area contributed by atoms with E-state index in [0.29, 0.717) is 17.6 Å². The van der Waals surface area contributed by atoms with Crippen LogP contribution >= 0.6 is 22.9 Å². The smallest absolute Gasteiger partial charge is 0.137 e. The number of anilines is 1. The van der Waals surface area contributed by atoms with Gasteiger partial charge in [0.2, 0.25) is 0 Å². The number of halogens is 1. The highest BCUT2D eigenvalue weighted by Gasteiger charge is 2.28. The first-order valence-electron chi connectivity index (χ1n) is 6.32. The number of hydrogen-bond acceptors (Lipinski definition) is 5. The minimum atomic E-state index is 0.500. The molecule has 3 rings (SSSR count). The van der Waals surface area contributed by atoms with E-state index in [1.165, 1.54) is 12.8 Å². The van der Waals surface area contributed by atoms with Gasteiger partial charge in [0.05, 0.1) is 17.2 Å². The summed E-state index contributed by atoms with van der Waals surface area (Å²) in [4.78, 5) is 13.4. The van der Waals surface area contributed by atoms with E-state index >= 15 is 0 Å². The lowest BCUT2D eigenvalue weighted by Crippen LogP contribution is -2.07. The molecule has 0 aliphatic heterocycles. The van der Waals surface area contributed by atoms with Crippen molar-refractivity contribution >= 4 is 28.8 Å². The average Bonchev–Trinajstić information content (AvgIpc) is 3.15. The number of hydrogen-bond donors (Lipinski definition) is 1. The Kier molecular flexibility index (Phi) is 3.41. The van der Waals surface area contributed by atoms with Gasteiger partial charge in [0.25, 0.3) is 0 Å². The Morgan fingerprint density at radius 1 is 1.32 bits per heavy atom. The zero-order chi connectivity index (χ0) is 13.4. The molecular weight excluding hydrogens is 280 g/mol. The van der Waals surface area contributed by atoms with E-state index in [1.807, 2.05) is 13.8 Å². The van der Waals surface area contributed by atoms with Gasteiger partial charge in [-0.3, -0.25) is 0 Å². The number of nitrogens with one attached hydrogen (secondary N) is 1. The second-order valence-electron chi connectivity index (χ2n) is 4.83. The Bertz CT molecular complexity index is 607. The van der Waals surface area contributed by atoms with Gasteiger partial charge in [-0.15, -0.1) is 11.3 Å². The lowest BCUT2D eigenvalue weighted by atomic mass is 10.3. The fourth-order valence-corrected chi connectivity index (χ4v) is 2.65. The third-order valence-corrected chi connectivity index (χ3v) is 4.34. The van der Waals surface area contributed by atoms with Gasteiger partial charge in [0.15, 0.2) is 0 Å². The molecule has 2 aromatic heterocycles. The van der Waals surface area contributed by atoms with Gasteiger partial charge >= 0.3 is 0 Å². The maximum Gasteiger partial charge on any atom is 0.137 e. The third kappa shape index (κ3) is 2.87. The summed E-state index contributed by atoms with van der Waals surface area (Å²) in [5.74, 6) is 2.19. The van der Waals surface area contributed by atoms with Crippen LogP contribution in [0.15, 0.2) is 5.38 Å². The highest BCUT2D eigenvalue weighted by Crippen LogP contribution is 2.39. The molecule has 0 saturated heterocycles. The van der Waals surface area contributed by atoms with E-state index in [2.05, 4.69) is 25.6 Å². The quantitative estimate of drug-likeness (QED) is 0.874. The molecule has 2 aromatic rings. The van der Waals surface area contributed by atoms with E-state index in [4.69, 9.17) is 11.6 Å². The highest BCUT2D eigenvalue weighted by atomic mass is 35.5. The molecular formula is C13H15ClN4S. The molecule has 0 bridgehead atoms. The summed E-state index contributed by atoms with van der Waals surface area (Å²) >= 11 is 7.83.